The molecule has 3 N–H and O–H groups in total. The Morgan fingerprint density at radius 2 is 2.00 bits per heavy atom. The lowest BCUT2D eigenvalue weighted by Gasteiger charge is -2.19. The summed E-state index contributed by atoms with van der Waals surface area (Å²) in [6.07, 6.45) is -2.26. The minimum atomic E-state index is -1.15. The zero-order valence-electron chi connectivity index (χ0n) is 13.1. The zero-order chi connectivity index (χ0) is 17.4. The van der Waals surface area contributed by atoms with Crippen LogP contribution in [0.3, 0.4) is 0 Å². The van der Waals surface area contributed by atoms with E-state index in [2.05, 4.69) is 9.36 Å². The zero-order valence-corrected chi connectivity index (χ0v) is 14.7. The van der Waals surface area contributed by atoms with Gasteiger partial charge in [-0.1, -0.05) is 42.1 Å². The molecule has 1 saturated heterocycles. The first-order chi connectivity index (χ1) is 12.2. The van der Waals surface area contributed by atoms with Crippen LogP contribution in [-0.4, -0.2) is 54.2 Å². The molecule has 132 valence electrons. The molecular weight excluding hydrogens is 362 g/mol. The van der Waals surface area contributed by atoms with Gasteiger partial charge in [-0.3, -0.25) is 4.57 Å². The number of benzene rings is 1. The van der Waals surface area contributed by atoms with Crippen molar-refractivity contribution in [3.63, 3.8) is 0 Å². The maximum absolute atomic E-state index is 10.4. The van der Waals surface area contributed by atoms with Crippen LogP contribution in [-0.2, 0) is 10.5 Å². The lowest BCUT2D eigenvalue weighted by atomic mass is 10.1. The maximum atomic E-state index is 10.4. The van der Waals surface area contributed by atoms with Crippen molar-refractivity contribution in [1.82, 2.24) is 13.9 Å². The largest absolute Gasteiger partial charge is 0.394 e. The molecule has 3 heterocycles. The molecular formula is C16H17N3O4S2. The predicted molar refractivity (Wildman–Crippen MR) is 94.4 cm³/mol. The third-order valence-corrected chi connectivity index (χ3v) is 5.89. The molecule has 1 fully saturated rings. The van der Waals surface area contributed by atoms with Crippen LogP contribution in [0.2, 0.25) is 0 Å². The summed E-state index contributed by atoms with van der Waals surface area (Å²) in [5.41, 5.74) is 1.90. The van der Waals surface area contributed by atoms with Gasteiger partial charge in [-0.05, 0) is 17.1 Å². The van der Waals surface area contributed by atoms with Crippen LogP contribution in [0.4, 0.5) is 0 Å². The minimum Gasteiger partial charge on any atom is -0.394 e. The van der Waals surface area contributed by atoms with Gasteiger partial charge in [-0.25, -0.2) is 4.98 Å². The topological polar surface area (TPSA) is 101 Å². The summed E-state index contributed by atoms with van der Waals surface area (Å²) in [4.78, 5) is 5.33. The lowest BCUT2D eigenvalue weighted by Crippen LogP contribution is -2.33. The SMILES string of the molecule is OC[C@H]1O[C@@H](n2c(SCc3ccccc3)nc3sncc32)[C@@H](O)[C@@H]1O. The van der Waals surface area contributed by atoms with E-state index in [0.29, 0.717) is 10.9 Å². The Kier molecular flexibility index (Phi) is 4.76. The van der Waals surface area contributed by atoms with Gasteiger partial charge in [0.2, 0.25) is 0 Å². The summed E-state index contributed by atoms with van der Waals surface area (Å²) in [6, 6.07) is 10.0. The summed E-state index contributed by atoms with van der Waals surface area (Å²) in [6.45, 7) is -0.360. The van der Waals surface area contributed by atoms with E-state index in [4.69, 9.17) is 4.74 Å². The third kappa shape index (κ3) is 3.07. The fourth-order valence-electron chi connectivity index (χ4n) is 2.88. The normalized spacial score (nSPS) is 26.5. The van der Waals surface area contributed by atoms with Crippen molar-refractivity contribution in [3.8, 4) is 0 Å². The number of nitrogens with zero attached hydrogens (tertiary/aromatic N) is 3. The molecule has 4 rings (SSSR count). The molecule has 25 heavy (non-hydrogen) atoms. The minimum absolute atomic E-state index is 0.360. The molecule has 2 aromatic heterocycles. The lowest BCUT2D eigenvalue weighted by molar-refractivity contribution is -0.0546. The quantitative estimate of drug-likeness (QED) is 0.576. The highest BCUT2D eigenvalue weighted by Gasteiger charge is 2.44. The smallest absolute Gasteiger partial charge is 0.172 e. The summed E-state index contributed by atoms with van der Waals surface area (Å²) < 4.78 is 11.6. The monoisotopic (exact) mass is 379 g/mol. The number of hydrogen-bond acceptors (Lipinski definition) is 8. The average molecular weight is 379 g/mol. The summed E-state index contributed by atoms with van der Waals surface area (Å²) >= 11 is 2.79. The first-order valence-electron chi connectivity index (χ1n) is 7.81. The van der Waals surface area contributed by atoms with E-state index in [-0.39, 0.29) is 6.61 Å². The number of rotatable bonds is 5. The number of thioether (sulfide) groups is 1. The highest BCUT2D eigenvalue weighted by molar-refractivity contribution is 7.98. The van der Waals surface area contributed by atoms with Gasteiger partial charge in [0.05, 0.1) is 12.8 Å². The third-order valence-electron chi connectivity index (χ3n) is 4.18. The fourth-order valence-corrected chi connectivity index (χ4v) is 4.55. The second kappa shape index (κ2) is 7.02. The standard InChI is InChI=1S/C16H17N3O4S2/c20-7-11-12(21)13(22)15(23-11)19-10-6-17-25-14(10)18-16(19)24-8-9-4-2-1-3-5-9/h1-6,11-13,15,20-22H,7-8H2/t11-,12-,13+,15-/m1/s1. The van der Waals surface area contributed by atoms with Crippen molar-refractivity contribution in [1.29, 1.82) is 0 Å². The number of aliphatic hydroxyl groups excluding tert-OH is 3. The average Bonchev–Trinajstić information content (AvgIpc) is 3.29. The Bertz CT molecular complexity index is 854. The fraction of sp³-hybridized carbons (Fsp3) is 0.375. The molecule has 0 saturated carbocycles. The van der Waals surface area contributed by atoms with E-state index >= 15 is 0 Å². The van der Waals surface area contributed by atoms with Crippen molar-refractivity contribution >= 4 is 33.6 Å². The Hall–Kier alpha value is -1.49. The Balaban J connectivity index is 1.66. The van der Waals surface area contributed by atoms with Gasteiger partial charge in [0.15, 0.2) is 16.2 Å². The molecule has 0 unspecified atom stereocenters. The number of aromatic nitrogens is 3. The van der Waals surface area contributed by atoms with Crippen LogP contribution >= 0.6 is 23.3 Å². The van der Waals surface area contributed by atoms with E-state index in [9.17, 15) is 15.3 Å². The van der Waals surface area contributed by atoms with E-state index in [1.54, 1.807) is 10.8 Å². The second-order valence-electron chi connectivity index (χ2n) is 5.78. The summed E-state index contributed by atoms with van der Waals surface area (Å²) in [7, 11) is 0. The van der Waals surface area contributed by atoms with Gasteiger partial charge in [0.25, 0.3) is 0 Å². The van der Waals surface area contributed by atoms with Gasteiger partial charge < -0.3 is 20.1 Å². The number of imidazole rings is 1. The molecule has 1 aliphatic rings. The van der Waals surface area contributed by atoms with E-state index in [1.807, 2.05) is 30.3 Å². The second-order valence-corrected chi connectivity index (χ2v) is 7.51. The predicted octanol–water partition coefficient (Wildman–Crippen LogP) is 1.40. The van der Waals surface area contributed by atoms with Crippen LogP contribution in [0.15, 0.2) is 41.7 Å². The van der Waals surface area contributed by atoms with Gasteiger partial charge in [-0.2, -0.15) is 4.37 Å². The number of hydrogen-bond donors (Lipinski definition) is 3. The van der Waals surface area contributed by atoms with Crippen LogP contribution in [0.25, 0.3) is 10.3 Å². The molecule has 0 spiro atoms. The Morgan fingerprint density at radius 1 is 1.20 bits per heavy atom. The van der Waals surface area contributed by atoms with Crippen molar-refractivity contribution in [3.05, 3.63) is 42.1 Å². The van der Waals surface area contributed by atoms with E-state index in [1.165, 1.54) is 23.3 Å². The first-order valence-corrected chi connectivity index (χ1v) is 9.56. The van der Waals surface area contributed by atoms with Crippen molar-refractivity contribution < 1.29 is 20.1 Å². The summed E-state index contributed by atoms with van der Waals surface area (Å²) in [5.74, 6) is 0.716. The Morgan fingerprint density at radius 3 is 2.72 bits per heavy atom. The summed E-state index contributed by atoms with van der Waals surface area (Å²) in [5, 5.41) is 30.4. The van der Waals surface area contributed by atoms with Crippen molar-refractivity contribution in [2.45, 2.75) is 35.4 Å². The van der Waals surface area contributed by atoms with E-state index in [0.717, 1.165) is 15.9 Å². The first kappa shape index (κ1) is 17.0. The highest BCUT2D eigenvalue weighted by Crippen LogP contribution is 2.37. The van der Waals surface area contributed by atoms with Crippen LogP contribution < -0.4 is 0 Å². The molecule has 1 aliphatic heterocycles. The molecule has 4 atom stereocenters. The van der Waals surface area contributed by atoms with Gasteiger partial charge in [0.1, 0.15) is 23.8 Å². The van der Waals surface area contributed by atoms with Crippen molar-refractivity contribution in [2.75, 3.05) is 6.61 Å². The van der Waals surface area contributed by atoms with Crippen LogP contribution in [0.5, 0.6) is 0 Å². The van der Waals surface area contributed by atoms with Gasteiger partial charge in [-0.15, -0.1) is 0 Å². The molecule has 3 aromatic rings. The molecule has 9 heteroatoms. The molecule has 1 aromatic carbocycles. The molecule has 0 aliphatic carbocycles. The number of ether oxygens (including phenoxy) is 1. The molecule has 0 amide bonds. The Labute approximate surface area is 152 Å². The van der Waals surface area contributed by atoms with E-state index < -0.39 is 24.5 Å². The number of aliphatic hydroxyl groups is 3. The number of fused-ring (bicyclic) bond motifs is 1. The molecule has 0 bridgehead atoms. The highest BCUT2D eigenvalue weighted by atomic mass is 32.2. The molecule has 0 radical (unpaired) electrons. The van der Waals surface area contributed by atoms with Crippen LogP contribution in [0, 0.1) is 0 Å². The van der Waals surface area contributed by atoms with Crippen molar-refractivity contribution in [2.24, 2.45) is 0 Å². The van der Waals surface area contributed by atoms with Crippen LogP contribution in [0.1, 0.15) is 11.8 Å². The van der Waals surface area contributed by atoms with Gasteiger partial charge in [0, 0.05) is 5.75 Å². The maximum Gasteiger partial charge on any atom is 0.172 e. The van der Waals surface area contributed by atoms with Gasteiger partial charge >= 0.3 is 0 Å². The molecule has 7 nitrogen and oxygen atoms in total.